The van der Waals surface area contributed by atoms with Gasteiger partial charge in [-0.25, -0.2) is 0 Å². The lowest BCUT2D eigenvalue weighted by molar-refractivity contribution is -0.120. The van der Waals surface area contributed by atoms with Crippen LogP contribution in [0.4, 0.5) is 0 Å². The standard InChI is InChI=1S/C19H26N2O2S/c1-3-4-14-24-15(2)19(22)21-12-7-13-23-17-10-5-8-16-9-6-11-20-18(16)17/h5-6,8-11,15H,3-4,7,12-14H2,1-2H3,(H,21,22). The van der Waals surface area contributed by atoms with E-state index in [-0.39, 0.29) is 11.2 Å². The van der Waals surface area contributed by atoms with Gasteiger partial charge in [0.25, 0.3) is 0 Å². The number of hydrogen-bond acceptors (Lipinski definition) is 4. The van der Waals surface area contributed by atoms with Gasteiger partial charge in [0.2, 0.25) is 5.91 Å². The van der Waals surface area contributed by atoms with Crippen molar-refractivity contribution in [2.75, 3.05) is 18.9 Å². The second-order valence-electron chi connectivity index (χ2n) is 5.69. The van der Waals surface area contributed by atoms with Gasteiger partial charge >= 0.3 is 0 Å². The molecule has 1 aromatic heterocycles. The maximum atomic E-state index is 12.0. The van der Waals surface area contributed by atoms with Gasteiger partial charge < -0.3 is 10.1 Å². The minimum absolute atomic E-state index is 0.0136. The summed E-state index contributed by atoms with van der Waals surface area (Å²) in [5.74, 6) is 1.95. The lowest BCUT2D eigenvalue weighted by Gasteiger charge is -2.12. The molecule has 2 rings (SSSR count). The molecule has 0 spiro atoms. The van der Waals surface area contributed by atoms with Gasteiger partial charge in [-0.2, -0.15) is 0 Å². The number of amides is 1. The van der Waals surface area contributed by atoms with Gasteiger partial charge in [0.15, 0.2) is 0 Å². The van der Waals surface area contributed by atoms with E-state index in [2.05, 4.69) is 17.2 Å². The highest BCUT2D eigenvalue weighted by molar-refractivity contribution is 8.00. The number of fused-ring (bicyclic) bond motifs is 1. The van der Waals surface area contributed by atoms with Gasteiger partial charge in [-0.1, -0.05) is 31.5 Å². The Bertz CT molecular complexity index is 643. The van der Waals surface area contributed by atoms with Crippen LogP contribution in [-0.4, -0.2) is 35.0 Å². The highest BCUT2D eigenvalue weighted by Gasteiger charge is 2.11. The van der Waals surface area contributed by atoms with Crippen LogP contribution in [-0.2, 0) is 4.79 Å². The van der Waals surface area contributed by atoms with E-state index in [0.29, 0.717) is 13.2 Å². The fourth-order valence-electron chi connectivity index (χ4n) is 2.28. The minimum atomic E-state index is 0.0136. The third-order valence-electron chi connectivity index (χ3n) is 3.71. The molecule has 1 aromatic carbocycles. The van der Waals surface area contributed by atoms with Crippen LogP contribution >= 0.6 is 11.8 Å². The van der Waals surface area contributed by atoms with Crippen LogP contribution < -0.4 is 10.1 Å². The first-order valence-corrected chi connectivity index (χ1v) is 9.63. The highest BCUT2D eigenvalue weighted by atomic mass is 32.2. The number of nitrogens with zero attached hydrogens (tertiary/aromatic N) is 1. The molecule has 0 aliphatic rings. The molecule has 0 saturated heterocycles. The third-order valence-corrected chi connectivity index (χ3v) is 4.95. The number of carbonyl (C=O) groups is 1. The van der Waals surface area contributed by atoms with E-state index < -0.39 is 0 Å². The van der Waals surface area contributed by atoms with Crippen molar-refractivity contribution in [1.82, 2.24) is 10.3 Å². The Morgan fingerprint density at radius 1 is 1.29 bits per heavy atom. The van der Waals surface area contributed by atoms with Crippen LogP contribution in [0.3, 0.4) is 0 Å². The Morgan fingerprint density at radius 2 is 2.12 bits per heavy atom. The minimum Gasteiger partial charge on any atom is -0.491 e. The molecule has 2 aromatic rings. The number of unbranched alkanes of at least 4 members (excludes halogenated alkanes) is 1. The summed E-state index contributed by atoms with van der Waals surface area (Å²) in [4.78, 5) is 16.3. The Balaban J connectivity index is 1.68. The number of carbonyl (C=O) groups excluding carboxylic acids is 1. The van der Waals surface area contributed by atoms with E-state index in [1.54, 1.807) is 18.0 Å². The summed E-state index contributed by atoms with van der Waals surface area (Å²) in [6, 6.07) is 9.86. The fourth-order valence-corrected chi connectivity index (χ4v) is 3.33. The highest BCUT2D eigenvalue weighted by Crippen LogP contribution is 2.22. The topological polar surface area (TPSA) is 51.2 Å². The summed E-state index contributed by atoms with van der Waals surface area (Å²) in [5.41, 5.74) is 0.880. The molecule has 0 bridgehead atoms. The van der Waals surface area contributed by atoms with Crippen molar-refractivity contribution >= 4 is 28.6 Å². The zero-order valence-electron chi connectivity index (χ0n) is 14.5. The zero-order chi connectivity index (χ0) is 17.2. The van der Waals surface area contributed by atoms with Crippen LogP contribution in [0.2, 0.25) is 0 Å². The quantitative estimate of drug-likeness (QED) is 0.660. The first-order valence-electron chi connectivity index (χ1n) is 8.58. The van der Waals surface area contributed by atoms with Crippen LogP contribution in [0.5, 0.6) is 5.75 Å². The van der Waals surface area contributed by atoms with Crippen molar-refractivity contribution in [2.24, 2.45) is 0 Å². The maximum Gasteiger partial charge on any atom is 0.232 e. The van der Waals surface area contributed by atoms with Crippen molar-refractivity contribution in [3.63, 3.8) is 0 Å². The maximum absolute atomic E-state index is 12.0. The summed E-state index contributed by atoms with van der Waals surface area (Å²) in [7, 11) is 0. The second-order valence-corrected chi connectivity index (χ2v) is 7.14. The van der Waals surface area contributed by atoms with Crippen LogP contribution in [0.1, 0.15) is 33.1 Å². The molecule has 1 amide bonds. The van der Waals surface area contributed by atoms with E-state index in [1.165, 1.54) is 6.42 Å². The SMILES string of the molecule is CCCCSC(C)C(=O)NCCCOc1cccc2cccnc12. The Hall–Kier alpha value is -1.75. The van der Waals surface area contributed by atoms with E-state index in [0.717, 1.165) is 35.2 Å². The average Bonchev–Trinajstić information content (AvgIpc) is 2.61. The molecule has 5 heteroatoms. The summed E-state index contributed by atoms with van der Waals surface area (Å²) < 4.78 is 5.82. The summed E-state index contributed by atoms with van der Waals surface area (Å²) in [5, 5.41) is 4.06. The normalized spacial score (nSPS) is 12.1. The monoisotopic (exact) mass is 346 g/mol. The number of pyridine rings is 1. The lowest BCUT2D eigenvalue weighted by atomic mass is 10.2. The zero-order valence-corrected chi connectivity index (χ0v) is 15.3. The number of rotatable bonds is 10. The molecule has 0 radical (unpaired) electrons. The van der Waals surface area contributed by atoms with Crippen molar-refractivity contribution in [1.29, 1.82) is 0 Å². The van der Waals surface area contributed by atoms with Crippen molar-refractivity contribution in [2.45, 2.75) is 38.4 Å². The first kappa shape index (κ1) is 18.6. The summed E-state index contributed by atoms with van der Waals surface area (Å²) in [6.45, 7) is 5.33. The fraction of sp³-hybridized carbons (Fsp3) is 0.474. The molecule has 0 aliphatic heterocycles. The molecular weight excluding hydrogens is 320 g/mol. The number of para-hydroxylation sites is 1. The molecule has 4 nitrogen and oxygen atoms in total. The molecule has 1 unspecified atom stereocenters. The number of aromatic nitrogens is 1. The number of ether oxygens (including phenoxy) is 1. The Kier molecular flexibility index (Phi) is 7.89. The third kappa shape index (κ3) is 5.71. The van der Waals surface area contributed by atoms with Gasteiger partial charge in [-0.05, 0) is 37.7 Å². The van der Waals surface area contributed by atoms with Gasteiger partial charge in [0.1, 0.15) is 11.3 Å². The molecule has 1 N–H and O–H groups in total. The molecule has 24 heavy (non-hydrogen) atoms. The molecule has 1 atom stereocenters. The van der Waals surface area contributed by atoms with Crippen molar-refractivity contribution in [3.8, 4) is 5.75 Å². The van der Waals surface area contributed by atoms with Gasteiger partial charge in [-0.3, -0.25) is 9.78 Å². The molecule has 0 saturated carbocycles. The molecule has 130 valence electrons. The van der Waals surface area contributed by atoms with Crippen LogP contribution in [0, 0.1) is 0 Å². The first-order chi connectivity index (χ1) is 11.7. The van der Waals surface area contributed by atoms with Gasteiger partial charge in [-0.15, -0.1) is 11.8 Å². The number of nitrogens with one attached hydrogen (secondary N) is 1. The summed E-state index contributed by atoms with van der Waals surface area (Å²) >= 11 is 1.72. The summed E-state index contributed by atoms with van der Waals surface area (Å²) in [6.07, 6.45) is 4.88. The van der Waals surface area contributed by atoms with E-state index in [9.17, 15) is 4.79 Å². The van der Waals surface area contributed by atoms with Crippen molar-refractivity contribution in [3.05, 3.63) is 36.5 Å². The van der Waals surface area contributed by atoms with E-state index in [4.69, 9.17) is 4.74 Å². The second kappa shape index (κ2) is 10.2. The smallest absolute Gasteiger partial charge is 0.232 e. The van der Waals surface area contributed by atoms with E-state index in [1.807, 2.05) is 37.3 Å². The molecule has 0 aliphatic carbocycles. The number of benzene rings is 1. The molecular formula is C19H26N2O2S. The number of hydrogen-bond donors (Lipinski definition) is 1. The average molecular weight is 346 g/mol. The van der Waals surface area contributed by atoms with Crippen molar-refractivity contribution < 1.29 is 9.53 Å². The molecule has 1 heterocycles. The lowest BCUT2D eigenvalue weighted by Crippen LogP contribution is -2.32. The molecule has 0 fully saturated rings. The Labute approximate surface area is 148 Å². The van der Waals surface area contributed by atoms with Crippen LogP contribution in [0.15, 0.2) is 36.5 Å². The van der Waals surface area contributed by atoms with Gasteiger partial charge in [0.05, 0.1) is 11.9 Å². The number of thioether (sulfide) groups is 1. The predicted octanol–water partition coefficient (Wildman–Crippen LogP) is 4.04. The van der Waals surface area contributed by atoms with Crippen LogP contribution in [0.25, 0.3) is 10.9 Å². The largest absolute Gasteiger partial charge is 0.491 e. The Morgan fingerprint density at radius 3 is 2.96 bits per heavy atom. The van der Waals surface area contributed by atoms with Gasteiger partial charge in [0, 0.05) is 18.1 Å². The predicted molar refractivity (Wildman–Crippen MR) is 102 cm³/mol. The van der Waals surface area contributed by atoms with E-state index >= 15 is 0 Å².